The summed E-state index contributed by atoms with van der Waals surface area (Å²) in [4.78, 5) is 10.7. The monoisotopic (exact) mass is 158 g/mol. The molecule has 0 aliphatic carbocycles. The first-order valence-corrected chi connectivity index (χ1v) is 3.33. The van der Waals surface area contributed by atoms with Crippen molar-refractivity contribution in [3.05, 3.63) is 24.2 Å². The Morgan fingerprint density at radius 1 is 1.80 bits per heavy atom. The highest BCUT2D eigenvalue weighted by molar-refractivity contribution is 6.30. The second kappa shape index (κ2) is 2.88. The van der Waals surface area contributed by atoms with Crippen LogP contribution in [0.25, 0.3) is 0 Å². The molecule has 1 rings (SSSR count). The van der Waals surface area contributed by atoms with Crippen LogP contribution in [0.1, 0.15) is 18.1 Å². The zero-order chi connectivity index (χ0) is 7.56. The SMILES string of the molecule is CC(=O)C(Cl)c1ccco1. The molecular formula is C7H7ClO2. The largest absolute Gasteiger partial charge is 0.467 e. The quantitative estimate of drug-likeness (QED) is 0.618. The van der Waals surface area contributed by atoms with Crippen molar-refractivity contribution in [3.8, 4) is 0 Å². The van der Waals surface area contributed by atoms with E-state index in [1.165, 1.54) is 13.2 Å². The molecule has 0 aliphatic heterocycles. The Morgan fingerprint density at radius 3 is 2.90 bits per heavy atom. The Labute approximate surface area is 63.8 Å². The number of furan rings is 1. The molecule has 0 bridgehead atoms. The van der Waals surface area contributed by atoms with Crippen LogP contribution in [-0.4, -0.2) is 5.78 Å². The van der Waals surface area contributed by atoms with E-state index in [9.17, 15) is 4.79 Å². The van der Waals surface area contributed by atoms with Crippen LogP contribution in [0.4, 0.5) is 0 Å². The van der Waals surface area contributed by atoms with Crippen molar-refractivity contribution in [2.45, 2.75) is 12.3 Å². The highest BCUT2D eigenvalue weighted by Crippen LogP contribution is 2.20. The lowest BCUT2D eigenvalue weighted by atomic mass is 10.2. The second-order valence-electron chi connectivity index (χ2n) is 1.99. The van der Waals surface area contributed by atoms with E-state index in [1.807, 2.05) is 0 Å². The molecule has 0 saturated carbocycles. The van der Waals surface area contributed by atoms with Gasteiger partial charge in [0.2, 0.25) is 0 Å². The number of carbonyl (C=O) groups excluding carboxylic acids is 1. The van der Waals surface area contributed by atoms with Crippen molar-refractivity contribution in [3.63, 3.8) is 0 Å². The fraction of sp³-hybridized carbons (Fsp3) is 0.286. The van der Waals surface area contributed by atoms with Gasteiger partial charge in [-0.3, -0.25) is 4.79 Å². The molecule has 3 heteroatoms. The van der Waals surface area contributed by atoms with Gasteiger partial charge in [-0.15, -0.1) is 11.6 Å². The summed E-state index contributed by atoms with van der Waals surface area (Å²) >= 11 is 5.64. The van der Waals surface area contributed by atoms with Gasteiger partial charge in [-0.25, -0.2) is 0 Å². The lowest BCUT2D eigenvalue weighted by Crippen LogP contribution is -1.99. The van der Waals surface area contributed by atoms with Crippen LogP contribution in [0.5, 0.6) is 0 Å². The van der Waals surface area contributed by atoms with E-state index in [4.69, 9.17) is 16.0 Å². The average Bonchev–Trinajstić information content (AvgIpc) is 2.36. The average molecular weight is 159 g/mol. The van der Waals surface area contributed by atoms with Crippen molar-refractivity contribution < 1.29 is 9.21 Å². The van der Waals surface area contributed by atoms with Crippen LogP contribution < -0.4 is 0 Å². The Bertz CT molecular complexity index is 216. The standard InChI is InChI=1S/C7H7ClO2/c1-5(9)7(8)6-3-2-4-10-6/h2-4,7H,1H3. The van der Waals surface area contributed by atoms with Crippen molar-refractivity contribution in [1.82, 2.24) is 0 Å². The maximum absolute atomic E-state index is 10.7. The highest BCUT2D eigenvalue weighted by Gasteiger charge is 2.14. The van der Waals surface area contributed by atoms with Crippen molar-refractivity contribution in [2.75, 3.05) is 0 Å². The fourth-order valence-electron chi connectivity index (χ4n) is 0.636. The molecule has 10 heavy (non-hydrogen) atoms. The molecule has 1 aromatic heterocycles. The highest BCUT2D eigenvalue weighted by atomic mass is 35.5. The Kier molecular flexibility index (Phi) is 2.12. The van der Waals surface area contributed by atoms with Crippen LogP contribution >= 0.6 is 11.6 Å². The molecule has 1 heterocycles. The van der Waals surface area contributed by atoms with E-state index in [2.05, 4.69) is 0 Å². The van der Waals surface area contributed by atoms with Crippen LogP contribution in [0.3, 0.4) is 0 Å². The zero-order valence-corrected chi connectivity index (χ0v) is 6.26. The molecule has 54 valence electrons. The van der Waals surface area contributed by atoms with E-state index >= 15 is 0 Å². The molecular weight excluding hydrogens is 152 g/mol. The number of Topliss-reactive ketones (excluding diaryl/α,β-unsaturated/α-hetero) is 1. The molecule has 1 unspecified atom stereocenters. The van der Waals surface area contributed by atoms with Gasteiger partial charge in [-0.2, -0.15) is 0 Å². The summed E-state index contributed by atoms with van der Waals surface area (Å²) < 4.78 is 4.90. The third-order valence-electron chi connectivity index (χ3n) is 1.15. The molecule has 0 aliphatic rings. The van der Waals surface area contributed by atoms with Gasteiger partial charge in [0.1, 0.15) is 11.1 Å². The van der Waals surface area contributed by atoms with Crippen molar-refractivity contribution in [2.24, 2.45) is 0 Å². The number of hydrogen-bond donors (Lipinski definition) is 0. The molecule has 1 aromatic rings. The van der Waals surface area contributed by atoms with Crippen LogP contribution in [0.2, 0.25) is 0 Å². The van der Waals surface area contributed by atoms with Crippen LogP contribution in [0.15, 0.2) is 22.8 Å². The summed E-state index contributed by atoms with van der Waals surface area (Å²) in [6.07, 6.45) is 1.49. The molecule has 0 N–H and O–H groups in total. The van der Waals surface area contributed by atoms with Gasteiger partial charge in [0.05, 0.1) is 6.26 Å². The van der Waals surface area contributed by atoms with E-state index in [0.29, 0.717) is 5.76 Å². The molecule has 0 amide bonds. The summed E-state index contributed by atoms with van der Waals surface area (Å²) in [7, 11) is 0. The molecule has 1 atom stereocenters. The smallest absolute Gasteiger partial charge is 0.155 e. The maximum atomic E-state index is 10.7. The van der Waals surface area contributed by atoms with Gasteiger partial charge in [0, 0.05) is 0 Å². The third kappa shape index (κ3) is 1.39. The number of alkyl halides is 1. The number of carbonyl (C=O) groups is 1. The van der Waals surface area contributed by atoms with Gasteiger partial charge < -0.3 is 4.42 Å². The first kappa shape index (κ1) is 7.35. The minimum Gasteiger partial charge on any atom is -0.467 e. The van der Waals surface area contributed by atoms with Crippen LogP contribution in [0, 0.1) is 0 Å². The molecule has 0 saturated heterocycles. The normalized spacial score (nSPS) is 13.0. The van der Waals surface area contributed by atoms with E-state index in [1.54, 1.807) is 12.1 Å². The fourth-order valence-corrected chi connectivity index (χ4v) is 0.760. The zero-order valence-electron chi connectivity index (χ0n) is 5.50. The summed E-state index contributed by atoms with van der Waals surface area (Å²) in [6.45, 7) is 1.43. The lowest BCUT2D eigenvalue weighted by molar-refractivity contribution is -0.117. The minimum atomic E-state index is -0.630. The molecule has 0 radical (unpaired) electrons. The van der Waals surface area contributed by atoms with Gasteiger partial charge in [-0.1, -0.05) is 0 Å². The maximum Gasteiger partial charge on any atom is 0.155 e. The Balaban J connectivity index is 2.77. The molecule has 0 fully saturated rings. The van der Waals surface area contributed by atoms with Crippen molar-refractivity contribution in [1.29, 1.82) is 0 Å². The summed E-state index contributed by atoms with van der Waals surface area (Å²) in [5, 5.41) is -0.630. The van der Waals surface area contributed by atoms with E-state index in [-0.39, 0.29) is 5.78 Å². The summed E-state index contributed by atoms with van der Waals surface area (Å²) in [6, 6.07) is 3.38. The molecule has 0 aromatic carbocycles. The first-order valence-electron chi connectivity index (χ1n) is 2.89. The molecule has 0 spiro atoms. The summed E-state index contributed by atoms with van der Waals surface area (Å²) in [5.41, 5.74) is 0. The molecule has 2 nitrogen and oxygen atoms in total. The Morgan fingerprint density at radius 2 is 2.50 bits per heavy atom. The van der Waals surface area contributed by atoms with Crippen LogP contribution in [-0.2, 0) is 4.79 Å². The number of hydrogen-bond acceptors (Lipinski definition) is 2. The van der Waals surface area contributed by atoms with E-state index in [0.717, 1.165) is 0 Å². The lowest BCUT2D eigenvalue weighted by Gasteiger charge is -1.98. The predicted octanol–water partition coefficient (Wildman–Crippen LogP) is 2.15. The van der Waals surface area contributed by atoms with Gasteiger partial charge in [0.25, 0.3) is 0 Å². The Hall–Kier alpha value is -0.760. The third-order valence-corrected chi connectivity index (χ3v) is 1.67. The van der Waals surface area contributed by atoms with Crippen molar-refractivity contribution >= 4 is 17.4 Å². The van der Waals surface area contributed by atoms with Gasteiger partial charge >= 0.3 is 0 Å². The number of rotatable bonds is 2. The van der Waals surface area contributed by atoms with E-state index < -0.39 is 5.38 Å². The number of halogens is 1. The van der Waals surface area contributed by atoms with Gasteiger partial charge in [-0.05, 0) is 19.1 Å². The van der Waals surface area contributed by atoms with Gasteiger partial charge in [0.15, 0.2) is 5.78 Å². The predicted molar refractivity (Wildman–Crippen MR) is 38.0 cm³/mol. The topological polar surface area (TPSA) is 30.2 Å². The first-order chi connectivity index (χ1) is 4.72. The second-order valence-corrected chi connectivity index (χ2v) is 2.43. The minimum absolute atomic E-state index is 0.100. The summed E-state index contributed by atoms with van der Waals surface area (Å²) in [5.74, 6) is 0.408. The number of ketones is 1.